The summed E-state index contributed by atoms with van der Waals surface area (Å²) in [4.78, 5) is 34.4. The number of rotatable bonds is 7. The number of carbonyl (C=O) groups is 2. The van der Waals surface area contributed by atoms with Gasteiger partial charge in [0.1, 0.15) is 11.3 Å². The van der Waals surface area contributed by atoms with Crippen LogP contribution in [0.25, 0.3) is 0 Å². The lowest BCUT2D eigenvalue weighted by atomic mass is 10.1. The van der Waals surface area contributed by atoms with Crippen LogP contribution in [0.3, 0.4) is 0 Å². The van der Waals surface area contributed by atoms with Gasteiger partial charge in [-0.3, -0.25) is 14.9 Å². The number of hydrogen-bond acceptors (Lipinski definition) is 6. The summed E-state index contributed by atoms with van der Waals surface area (Å²) in [6.07, 6.45) is 0. The number of amides is 1. The van der Waals surface area contributed by atoms with E-state index in [1.807, 2.05) is 0 Å². The van der Waals surface area contributed by atoms with E-state index >= 15 is 0 Å². The van der Waals surface area contributed by atoms with E-state index in [0.29, 0.717) is 5.02 Å². The maximum Gasteiger partial charge on any atom is 0.342 e. The Labute approximate surface area is 160 Å². The number of ether oxygens (including phenoxy) is 2. The Morgan fingerprint density at radius 3 is 2.59 bits per heavy atom. The third-order valence-electron chi connectivity index (χ3n) is 3.70. The summed E-state index contributed by atoms with van der Waals surface area (Å²) in [6.45, 7) is 1.18. The smallest absolute Gasteiger partial charge is 0.342 e. The van der Waals surface area contributed by atoms with Crippen molar-refractivity contribution in [2.45, 2.75) is 13.0 Å². The summed E-state index contributed by atoms with van der Waals surface area (Å²) in [7, 11) is 1.32. The second kappa shape index (κ2) is 9.00. The van der Waals surface area contributed by atoms with Crippen molar-refractivity contribution in [2.24, 2.45) is 0 Å². The average molecular weight is 393 g/mol. The van der Waals surface area contributed by atoms with E-state index in [9.17, 15) is 19.7 Å². The lowest BCUT2D eigenvalue weighted by Crippen LogP contribution is -2.31. The first-order valence-electron chi connectivity index (χ1n) is 7.86. The molecule has 0 saturated carbocycles. The van der Waals surface area contributed by atoms with Crippen LogP contribution in [0.1, 0.15) is 28.9 Å². The zero-order valence-electron chi connectivity index (χ0n) is 14.6. The third kappa shape index (κ3) is 5.18. The van der Waals surface area contributed by atoms with Gasteiger partial charge >= 0.3 is 5.97 Å². The molecule has 8 nitrogen and oxygen atoms in total. The number of methoxy groups -OCH3 is 1. The van der Waals surface area contributed by atoms with Crippen LogP contribution in [-0.4, -0.2) is 30.5 Å². The Kier molecular flexibility index (Phi) is 6.73. The Morgan fingerprint density at radius 2 is 1.96 bits per heavy atom. The molecule has 27 heavy (non-hydrogen) atoms. The van der Waals surface area contributed by atoms with Gasteiger partial charge in [0, 0.05) is 17.2 Å². The largest absolute Gasteiger partial charge is 0.496 e. The van der Waals surface area contributed by atoms with E-state index in [-0.39, 0.29) is 17.0 Å². The van der Waals surface area contributed by atoms with Gasteiger partial charge in [0.05, 0.1) is 18.1 Å². The molecule has 0 radical (unpaired) electrons. The van der Waals surface area contributed by atoms with Crippen molar-refractivity contribution in [3.05, 3.63) is 68.7 Å². The number of hydrogen-bond donors (Lipinski definition) is 1. The first-order valence-corrected chi connectivity index (χ1v) is 8.24. The minimum absolute atomic E-state index is 0.107. The summed E-state index contributed by atoms with van der Waals surface area (Å²) < 4.78 is 9.95. The molecule has 2 rings (SSSR count). The minimum Gasteiger partial charge on any atom is -0.496 e. The van der Waals surface area contributed by atoms with Crippen LogP contribution in [0.15, 0.2) is 42.5 Å². The van der Waals surface area contributed by atoms with Gasteiger partial charge in [0.2, 0.25) is 0 Å². The lowest BCUT2D eigenvalue weighted by Gasteiger charge is -2.16. The molecule has 0 aromatic heterocycles. The number of nitro benzene ring substituents is 1. The molecule has 9 heteroatoms. The SMILES string of the molecule is COc1ccc([N+](=O)[O-])cc1C(=O)OCC(=O)N[C@@H](C)c1ccccc1Cl. The molecule has 1 atom stereocenters. The molecule has 0 bridgehead atoms. The summed E-state index contributed by atoms with van der Waals surface area (Å²) in [5, 5.41) is 14.0. The molecule has 0 fully saturated rings. The fourth-order valence-corrected chi connectivity index (χ4v) is 2.66. The number of nitrogens with zero attached hydrogens (tertiary/aromatic N) is 1. The van der Waals surface area contributed by atoms with Gasteiger partial charge in [0.25, 0.3) is 11.6 Å². The standard InChI is InChI=1S/C18H17ClN2O6/c1-11(13-5-3-4-6-15(13)19)20-17(22)10-27-18(23)14-9-12(21(24)25)7-8-16(14)26-2/h3-9,11H,10H2,1-2H3,(H,20,22)/t11-/m0/s1. The number of non-ortho nitro benzene ring substituents is 1. The van der Waals surface area contributed by atoms with E-state index < -0.39 is 29.4 Å². The molecular weight excluding hydrogens is 376 g/mol. The van der Waals surface area contributed by atoms with E-state index in [1.165, 1.54) is 19.2 Å². The Morgan fingerprint density at radius 1 is 1.26 bits per heavy atom. The highest BCUT2D eigenvalue weighted by molar-refractivity contribution is 6.31. The first kappa shape index (κ1) is 20.2. The van der Waals surface area contributed by atoms with Crippen LogP contribution >= 0.6 is 11.6 Å². The topological polar surface area (TPSA) is 108 Å². The van der Waals surface area contributed by atoms with Gasteiger partial charge < -0.3 is 14.8 Å². The van der Waals surface area contributed by atoms with Crippen LogP contribution in [0.5, 0.6) is 5.75 Å². The van der Waals surface area contributed by atoms with Crippen molar-refractivity contribution in [2.75, 3.05) is 13.7 Å². The highest BCUT2D eigenvalue weighted by Gasteiger charge is 2.20. The molecule has 0 aliphatic heterocycles. The summed E-state index contributed by atoms with van der Waals surface area (Å²) in [6, 6.07) is 10.2. The predicted octanol–water partition coefficient (Wildman–Crippen LogP) is 3.29. The number of halogens is 1. The van der Waals surface area contributed by atoms with Crippen molar-refractivity contribution in [1.82, 2.24) is 5.32 Å². The highest BCUT2D eigenvalue weighted by atomic mass is 35.5. The zero-order valence-corrected chi connectivity index (χ0v) is 15.4. The fourth-order valence-electron chi connectivity index (χ4n) is 2.37. The number of esters is 1. The van der Waals surface area contributed by atoms with Crippen molar-refractivity contribution >= 4 is 29.2 Å². The van der Waals surface area contributed by atoms with Crippen LogP contribution in [0.4, 0.5) is 5.69 Å². The number of nitrogens with one attached hydrogen (secondary N) is 1. The minimum atomic E-state index is -0.906. The molecule has 0 spiro atoms. The summed E-state index contributed by atoms with van der Waals surface area (Å²) in [5.41, 5.74) is 0.289. The quantitative estimate of drug-likeness (QED) is 0.440. The Hall–Kier alpha value is -3.13. The van der Waals surface area contributed by atoms with E-state index in [4.69, 9.17) is 21.1 Å². The van der Waals surface area contributed by atoms with Crippen LogP contribution in [0, 0.1) is 10.1 Å². The molecule has 1 N–H and O–H groups in total. The van der Waals surface area contributed by atoms with Crippen LogP contribution in [0.2, 0.25) is 5.02 Å². The summed E-state index contributed by atoms with van der Waals surface area (Å²) in [5.74, 6) is -1.34. The second-order valence-corrected chi connectivity index (χ2v) is 5.94. The van der Waals surface area contributed by atoms with Gasteiger partial charge in [-0.15, -0.1) is 0 Å². The maximum atomic E-state index is 12.2. The lowest BCUT2D eigenvalue weighted by molar-refractivity contribution is -0.384. The molecule has 1 amide bonds. The number of benzene rings is 2. The molecule has 0 saturated heterocycles. The van der Waals surface area contributed by atoms with Crippen LogP contribution in [-0.2, 0) is 9.53 Å². The molecule has 142 valence electrons. The average Bonchev–Trinajstić information content (AvgIpc) is 2.65. The fraction of sp³-hybridized carbons (Fsp3) is 0.222. The monoisotopic (exact) mass is 392 g/mol. The molecule has 0 heterocycles. The highest BCUT2D eigenvalue weighted by Crippen LogP contribution is 2.25. The van der Waals surface area contributed by atoms with Gasteiger partial charge in [-0.2, -0.15) is 0 Å². The van der Waals surface area contributed by atoms with Crippen molar-refractivity contribution in [1.29, 1.82) is 0 Å². The maximum absolute atomic E-state index is 12.2. The van der Waals surface area contributed by atoms with Gasteiger partial charge in [0.15, 0.2) is 6.61 Å². The molecule has 0 unspecified atom stereocenters. The first-order chi connectivity index (χ1) is 12.8. The molecule has 0 aliphatic rings. The Bertz CT molecular complexity index is 871. The normalized spacial score (nSPS) is 11.4. The third-order valence-corrected chi connectivity index (χ3v) is 4.04. The molecule has 2 aromatic carbocycles. The van der Waals surface area contributed by atoms with E-state index in [1.54, 1.807) is 31.2 Å². The van der Waals surface area contributed by atoms with E-state index in [2.05, 4.69) is 5.32 Å². The molecule has 0 aliphatic carbocycles. The predicted molar refractivity (Wildman–Crippen MR) is 97.9 cm³/mol. The van der Waals surface area contributed by atoms with Gasteiger partial charge in [-0.25, -0.2) is 4.79 Å². The summed E-state index contributed by atoms with van der Waals surface area (Å²) >= 11 is 6.08. The van der Waals surface area contributed by atoms with Crippen molar-refractivity contribution in [3.63, 3.8) is 0 Å². The molecule has 2 aromatic rings. The van der Waals surface area contributed by atoms with Crippen molar-refractivity contribution in [3.8, 4) is 5.75 Å². The van der Waals surface area contributed by atoms with Crippen LogP contribution < -0.4 is 10.1 Å². The number of nitro groups is 1. The van der Waals surface area contributed by atoms with Crippen molar-refractivity contribution < 1.29 is 24.0 Å². The molecular formula is C18H17ClN2O6. The van der Waals surface area contributed by atoms with E-state index in [0.717, 1.165) is 11.6 Å². The number of carbonyl (C=O) groups excluding carboxylic acids is 2. The van der Waals surface area contributed by atoms with Gasteiger partial charge in [-0.05, 0) is 24.6 Å². The second-order valence-electron chi connectivity index (χ2n) is 5.53. The zero-order chi connectivity index (χ0) is 20.0. The Balaban J connectivity index is 2.01. The van der Waals surface area contributed by atoms with Gasteiger partial charge in [-0.1, -0.05) is 29.8 Å².